The fourth-order valence-electron chi connectivity index (χ4n) is 1.65. The third-order valence-corrected chi connectivity index (χ3v) is 2.97. The molecular weight excluding hydrogens is 246 g/mol. The van der Waals surface area contributed by atoms with Crippen LogP contribution in [-0.2, 0) is 4.79 Å². The van der Waals surface area contributed by atoms with Crippen LogP contribution in [0.2, 0.25) is 0 Å². The minimum atomic E-state index is -0.162. The maximum absolute atomic E-state index is 11.6. The summed E-state index contributed by atoms with van der Waals surface area (Å²) in [6.07, 6.45) is 3.10. The molecule has 102 valence electrons. The van der Waals surface area contributed by atoms with E-state index in [9.17, 15) is 9.59 Å². The average Bonchev–Trinajstić information content (AvgIpc) is 3.26. The van der Waals surface area contributed by atoms with Crippen molar-refractivity contribution in [3.63, 3.8) is 0 Å². The van der Waals surface area contributed by atoms with Gasteiger partial charge >= 0.3 is 0 Å². The topological polar surface area (TPSA) is 64.6 Å². The summed E-state index contributed by atoms with van der Waals surface area (Å²) in [6.45, 7) is 0.638. The van der Waals surface area contributed by atoms with Gasteiger partial charge < -0.3 is 14.8 Å². The van der Waals surface area contributed by atoms with E-state index in [1.54, 1.807) is 18.2 Å². The second kappa shape index (κ2) is 6.22. The van der Waals surface area contributed by atoms with Crippen LogP contribution in [0.1, 0.15) is 23.2 Å². The quantitative estimate of drug-likeness (QED) is 0.755. The van der Waals surface area contributed by atoms with Crippen molar-refractivity contribution < 1.29 is 19.1 Å². The number of ether oxygens (including phenoxy) is 2. The minimum Gasteiger partial charge on any atom is -0.493 e. The van der Waals surface area contributed by atoms with Crippen molar-refractivity contribution in [1.29, 1.82) is 0 Å². The van der Waals surface area contributed by atoms with Crippen molar-refractivity contribution in [1.82, 2.24) is 5.32 Å². The molecule has 1 aliphatic rings. The summed E-state index contributed by atoms with van der Waals surface area (Å²) >= 11 is 0. The molecule has 1 fully saturated rings. The fourth-order valence-corrected chi connectivity index (χ4v) is 1.65. The lowest BCUT2D eigenvalue weighted by atomic mass is 10.2. The van der Waals surface area contributed by atoms with Crippen LogP contribution < -0.4 is 14.8 Å². The minimum absolute atomic E-state index is 0.0780. The van der Waals surface area contributed by atoms with E-state index in [0.717, 1.165) is 6.29 Å². The van der Waals surface area contributed by atoms with Crippen LogP contribution in [0, 0.1) is 5.92 Å². The second-order valence-corrected chi connectivity index (χ2v) is 4.56. The van der Waals surface area contributed by atoms with Crippen LogP contribution >= 0.6 is 0 Å². The predicted molar refractivity (Wildman–Crippen MR) is 69.6 cm³/mol. The molecule has 19 heavy (non-hydrogen) atoms. The summed E-state index contributed by atoms with van der Waals surface area (Å²) in [5, 5.41) is 2.81. The number of carbonyl (C=O) groups is 2. The number of carbonyl (C=O) groups excluding carboxylic acids is 2. The first kappa shape index (κ1) is 13.4. The molecule has 0 aliphatic heterocycles. The van der Waals surface area contributed by atoms with E-state index in [0.29, 0.717) is 29.5 Å². The zero-order valence-electron chi connectivity index (χ0n) is 10.8. The molecule has 5 nitrogen and oxygen atoms in total. The highest BCUT2D eigenvalue weighted by Gasteiger charge is 2.21. The van der Waals surface area contributed by atoms with E-state index in [1.807, 2.05) is 0 Å². The molecule has 0 heterocycles. The molecule has 1 aromatic carbocycles. The molecule has 1 aromatic rings. The molecule has 1 saturated carbocycles. The Hall–Kier alpha value is -2.04. The van der Waals surface area contributed by atoms with Crippen molar-refractivity contribution in [3.05, 3.63) is 23.8 Å². The monoisotopic (exact) mass is 263 g/mol. The maximum atomic E-state index is 11.6. The highest BCUT2D eigenvalue weighted by atomic mass is 16.5. The third kappa shape index (κ3) is 3.98. The highest BCUT2D eigenvalue weighted by Crippen LogP contribution is 2.28. The lowest BCUT2D eigenvalue weighted by molar-refractivity contribution is -0.123. The number of aldehydes is 1. The number of nitrogens with one attached hydrogen (secondary N) is 1. The normalized spacial score (nSPS) is 13.7. The molecule has 0 spiro atoms. The number of hydrogen-bond donors (Lipinski definition) is 1. The zero-order chi connectivity index (χ0) is 13.7. The van der Waals surface area contributed by atoms with Crippen molar-refractivity contribution >= 4 is 12.2 Å². The summed E-state index contributed by atoms with van der Waals surface area (Å²) in [5.74, 6) is 1.37. The van der Waals surface area contributed by atoms with Crippen molar-refractivity contribution in [2.45, 2.75) is 12.8 Å². The molecule has 0 atom stereocenters. The van der Waals surface area contributed by atoms with Gasteiger partial charge in [-0.05, 0) is 37.0 Å². The Morgan fingerprint density at radius 1 is 1.42 bits per heavy atom. The number of benzene rings is 1. The Kier molecular flexibility index (Phi) is 4.39. The molecule has 1 amide bonds. The molecule has 0 unspecified atom stereocenters. The molecule has 5 heteroatoms. The zero-order valence-corrected chi connectivity index (χ0v) is 10.8. The summed E-state index contributed by atoms with van der Waals surface area (Å²) in [5.41, 5.74) is 0.481. The third-order valence-electron chi connectivity index (χ3n) is 2.97. The van der Waals surface area contributed by atoms with Crippen LogP contribution in [0.15, 0.2) is 18.2 Å². The van der Waals surface area contributed by atoms with Crippen LogP contribution in [0.4, 0.5) is 0 Å². The maximum Gasteiger partial charge on any atom is 0.257 e. The van der Waals surface area contributed by atoms with E-state index >= 15 is 0 Å². The molecule has 0 bridgehead atoms. The van der Waals surface area contributed by atoms with Gasteiger partial charge in [0.05, 0.1) is 7.11 Å². The molecular formula is C14H17NO4. The summed E-state index contributed by atoms with van der Waals surface area (Å²) in [7, 11) is 1.51. The molecule has 0 aromatic heterocycles. The smallest absolute Gasteiger partial charge is 0.257 e. The molecule has 2 rings (SSSR count). The van der Waals surface area contributed by atoms with Crippen molar-refractivity contribution in [3.8, 4) is 11.5 Å². The first-order chi connectivity index (χ1) is 9.22. The number of rotatable bonds is 7. The van der Waals surface area contributed by atoms with E-state index in [4.69, 9.17) is 9.47 Å². The number of methoxy groups -OCH3 is 1. The Morgan fingerprint density at radius 2 is 2.21 bits per heavy atom. The molecule has 1 aliphatic carbocycles. The van der Waals surface area contributed by atoms with Gasteiger partial charge in [-0.25, -0.2) is 0 Å². The SMILES string of the molecule is COc1ccc(C=O)cc1OCC(=O)NCC1CC1. The molecule has 0 radical (unpaired) electrons. The average molecular weight is 263 g/mol. The lowest BCUT2D eigenvalue weighted by Crippen LogP contribution is -2.30. The summed E-state index contributed by atoms with van der Waals surface area (Å²) < 4.78 is 10.5. The standard InChI is InChI=1S/C14H17NO4/c1-18-12-5-4-11(8-16)6-13(12)19-9-14(17)15-7-10-2-3-10/h4-6,8,10H,2-3,7,9H2,1H3,(H,15,17). The molecule has 0 saturated heterocycles. The number of hydrogen-bond acceptors (Lipinski definition) is 4. The van der Waals surface area contributed by atoms with Gasteiger partial charge in [0.25, 0.3) is 5.91 Å². The van der Waals surface area contributed by atoms with Crippen LogP contribution in [0.3, 0.4) is 0 Å². The van der Waals surface area contributed by atoms with Crippen molar-refractivity contribution in [2.75, 3.05) is 20.3 Å². The van der Waals surface area contributed by atoms with Gasteiger partial charge in [-0.1, -0.05) is 0 Å². The summed E-state index contributed by atoms with van der Waals surface area (Å²) in [4.78, 5) is 22.3. The van der Waals surface area contributed by atoms with Gasteiger partial charge in [0.1, 0.15) is 6.29 Å². The summed E-state index contributed by atoms with van der Waals surface area (Å²) in [6, 6.07) is 4.83. The Labute approximate surface area is 111 Å². The van der Waals surface area contributed by atoms with Gasteiger partial charge in [-0.2, -0.15) is 0 Å². The van der Waals surface area contributed by atoms with Crippen LogP contribution in [-0.4, -0.2) is 32.5 Å². The Morgan fingerprint density at radius 3 is 2.84 bits per heavy atom. The van der Waals surface area contributed by atoms with Gasteiger partial charge in [-0.3, -0.25) is 9.59 Å². The van der Waals surface area contributed by atoms with Gasteiger partial charge in [0.15, 0.2) is 18.1 Å². The van der Waals surface area contributed by atoms with E-state index in [2.05, 4.69) is 5.32 Å². The van der Waals surface area contributed by atoms with Crippen LogP contribution in [0.25, 0.3) is 0 Å². The highest BCUT2D eigenvalue weighted by molar-refractivity contribution is 5.78. The molecule has 1 N–H and O–H groups in total. The largest absolute Gasteiger partial charge is 0.493 e. The predicted octanol–water partition coefficient (Wildman–Crippen LogP) is 1.41. The lowest BCUT2D eigenvalue weighted by Gasteiger charge is -2.11. The Balaban J connectivity index is 1.89. The first-order valence-corrected chi connectivity index (χ1v) is 6.25. The van der Waals surface area contributed by atoms with E-state index < -0.39 is 0 Å². The fraction of sp³-hybridized carbons (Fsp3) is 0.429. The van der Waals surface area contributed by atoms with E-state index in [1.165, 1.54) is 20.0 Å². The second-order valence-electron chi connectivity index (χ2n) is 4.56. The van der Waals surface area contributed by atoms with E-state index in [-0.39, 0.29) is 12.5 Å². The van der Waals surface area contributed by atoms with Gasteiger partial charge in [0, 0.05) is 12.1 Å². The van der Waals surface area contributed by atoms with Gasteiger partial charge in [0.2, 0.25) is 0 Å². The first-order valence-electron chi connectivity index (χ1n) is 6.25. The van der Waals surface area contributed by atoms with Crippen LogP contribution in [0.5, 0.6) is 11.5 Å². The number of amides is 1. The van der Waals surface area contributed by atoms with Gasteiger partial charge in [-0.15, -0.1) is 0 Å². The van der Waals surface area contributed by atoms with Crippen molar-refractivity contribution in [2.24, 2.45) is 5.92 Å². The Bertz CT molecular complexity index is 469.